The number of hydrogen-bond acceptors (Lipinski definition) is 7. The minimum absolute atomic E-state index is 0.0255. The standard InChI is InChI=1S/C29H21N3O5S2/c33-27-20-10-2-1-9-19(20)23(17-25(27)38-24-13-5-7-18-8-6-14-30-26(18)24)31-39(36,37)16-15-32-28(34)21-11-3-4-12-22(21)29(32)35/h1-14,17,31,33H,15-16H2. The maximum Gasteiger partial charge on any atom is 0.261 e. The number of fused-ring (bicyclic) bond motifs is 3. The number of aromatic nitrogens is 1. The molecule has 0 saturated carbocycles. The third-order valence-corrected chi connectivity index (χ3v) is 8.86. The van der Waals surface area contributed by atoms with Crippen molar-refractivity contribution < 1.29 is 23.1 Å². The monoisotopic (exact) mass is 555 g/mol. The number of para-hydroxylation sites is 1. The predicted molar refractivity (Wildman–Crippen MR) is 151 cm³/mol. The van der Waals surface area contributed by atoms with Crippen LogP contribution in [0.25, 0.3) is 21.7 Å². The van der Waals surface area contributed by atoms with Crippen molar-refractivity contribution in [3.05, 3.63) is 102 Å². The van der Waals surface area contributed by atoms with Gasteiger partial charge in [-0.3, -0.25) is 24.2 Å². The van der Waals surface area contributed by atoms with Crippen LogP contribution >= 0.6 is 11.8 Å². The van der Waals surface area contributed by atoms with Crippen molar-refractivity contribution in [1.29, 1.82) is 0 Å². The lowest BCUT2D eigenvalue weighted by atomic mass is 10.1. The third kappa shape index (κ3) is 4.58. The molecule has 6 rings (SSSR count). The molecule has 4 aromatic carbocycles. The normalized spacial score (nSPS) is 13.3. The Morgan fingerprint density at radius 2 is 1.49 bits per heavy atom. The highest BCUT2D eigenvalue weighted by molar-refractivity contribution is 7.99. The molecule has 0 saturated heterocycles. The fourth-order valence-corrected chi connectivity index (χ4v) is 6.71. The van der Waals surface area contributed by atoms with Crippen LogP contribution in [-0.4, -0.2) is 47.5 Å². The number of sulfonamides is 1. The van der Waals surface area contributed by atoms with Crippen molar-refractivity contribution in [2.24, 2.45) is 0 Å². The summed E-state index contributed by atoms with van der Waals surface area (Å²) in [5, 5.41) is 13.0. The fraction of sp³-hybridized carbons (Fsp3) is 0.0690. The summed E-state index contributed by atoms with van der Waals surface area (Å²) in [6.07, 6.45) is 1.70. The molecule has 0 fully saturated rings. The van der Waals surface area contributed by atoms with E-state index in [1.54, 1.807) is 60.8 Å². The van der Waals surface area contributed by atoms with Crippen LogP contribution in [0.2, 0.25) is 0 Å². The highest BCUT2D eigenvalue weighted by Gasteiger charge is 2.35. The number of amides is 2. The Morgan fingerprint density at radius 3 is 2.23 bits per heavy atom. The number of pyridine rings is 1. The first-order chi connectivity index (χ1) is 18.8. The molecule has 39 heavy (non-hydrogen) atoms. The van der Waals surface area contributed by atoms with Crippen LogP contribution in [0, 0.1) is 0 Å². The van der Waals surface area contributed by atoms with E-state index in [1.165, 1.54) is 11.8 Å². The lowest BCUT2D eigenvalue weighted by Crippen LogP contribution is -2.35. The number of carbonyl (C=O) groups excluding carboxylic acids is 2. The summed E-state index contributed by atoms with van der Waals surface area (Å²) in [6, 6.07) is 24.5. The summed E-state index contributed by atoms with van der Waals surface area (Å²) in [5.41, 5.74) is 1.58. The number of rotatable bonds is 7. The largest absolute Gasteiger partial charge is 0.506 e. The molecular formula is C29H21N3O5S2. The number of carbonyl (C=O) groups is 2. The van der Waals surface area contributed by atoms with Crippen molar-refractivity contribution in [1.82, 2.24) is 9.88 Å². The van der Waals surface area contributed by atoms with Gasteiger partial charge in [0.15, 0.2) is 0 Å². The SMILES string of the molecule is O=C1c2ccccc2C(=O)N1CCS(=O)(=O)Nc1cc(Sc2cccc3cccnc23)c(O)c2ccccc12. The van der Waals surface area contributed by atoms with E-state index in [0.29, 0.717) is 15.7 Å². The summed E-state index contributed by atoms with van der Waals surface area (Å²) >= 11 is 1.28. The van der Waals surface area contributed by atoms with Crippen LogP contribution in [0.5, 0.6) is 5.75 Å². The van der Waals surface area contributed by atoms with E-state index in [-0.39, 0.29) is 29.1 Å². The molecule has 2 heterocycles. The number of phenols is 1. The van der Waals surface area contributed by atoms with Gasteiger partial charge in [0.25, 0.3) is 11.8 Å². The molecule has 10 heteroatoms. The number of hydrogen-bond donors (Lipinski definition) is 2. The number of nitrogens with one attached hydrogen (secondary N) is 1. The predicted octanol–water partition coefficient (Wildman–Crippen LogP) is 5.28. The zero-order chi connectivity index (χ0) is 27.1. The van der Waals surface area contributed by atoms with Crippen LogP contribution in [0.15, 0.2) is 101 Å². The molecule has 0 unspecified atom stereocenters. The van der Waals surface area contributed by atoms with E-state index in [2.05, 4.69) is 9.71 Å². The number of aromatic hydroxyl groups is 1. The van der Waals surface area contributed by atoms with E-state index >= 15 is 0 Å². The van der Waals surface area contributed by atoms with Crippen molar-refractivity contribution in [3.8, 4) is 5.75 Å². The minimum Gasteiger partial charge on any atom is -0.506 e. The Hall–Kier alpha value is -4.41. The molecule has 0 aliphatic carbocycles. The van der Waals surface area contributed by atoms with E-state index in [4.69, 9.17) is 0 Å². The maximum atomic E-state index is 13.2. The first-order valence-corrected chi connectivity index (χ1v) is 14.5. The van der Waals surface area contributed by atoms with Crippen LogP contribution in [0.4, 0.5) is 5.69 Å². The molecule has 194 valence electrons. The zero-order valence-electron chi connectivity index (χ0n) is 20.4. The van der Waals surface area contributed by atoms with Crippen molar-refractivity contribution in [2.45, 2.75) is 9.79 Å². The molecule has 1 aliphatic rings. The van der Waals surface area contributed by atoms with E-state index in [0.717, 1.165) is 20.7 Å². The Morgan fingerprint density at radius 1 is 0.821 bits per heavy atom. The van der Waals surface area contributed by atoms with E-state index in [1.807, 2.05) is 30.3 Å². The summed E-state index contributed by atoms with van der Waals surface area (Å²) in [7, 11) is -3.98. The Labute approximate surface area is 228 Å². The lowest BCUT2D eigenvalue weighted by Gasteiger charge is -2.17. The smallest absolute Gasteiger partial charge is 0.261 e. The third-order valence-electron chi connectivity index (χ3n) is 6.52. The van der Waals surface area contributed by atoms with E-state index in [9.17, 15) is 23.1 Å². The van der Waals surface area contributed by atoms with Gasteiger partial charge in [-0.2, -0.15) is 0 Å². The highest BCUT2D eigenvalue weighted by atomic mass is 32.2. The molecule has 1 aromatic heterocycles. The van der Waals surface area contributed by atoms with Crippen LogP contribution in [0.3, 0.4) is 0 Å². The summed E-state index contributed by atoms with van der Waals surface area (Å²) in [5.74, 6) is -1.48. The van der Waals surface area contributed by atoms with Crippen molar-refractivity contribution >= 4 is 61.0 Å². The minimum atomic E-state index is -3.98. The molecular weight excluding hydrogens is 534 g/mol. The van der Waals surface area contributed by atoms with Crippen molar-refractivity contribution in [2.75, 3.05) is 17.0 Å². The van der Waals surface area contributed by atoms with Crippen LogP contribution in [0.1, 0.15) is 20.7 Å². The van der Waals surface area contributed by atoms with Gasteiger partial charge in [0.05, 0.1) is 33.0 Å². The van der Waals surface area contributed by atoms with Gasteiger partial charge in [0.1, 0.15) is 5.75 Å². The first kappa shape index (κ1) is 24.9. The molecule has 5 aromatic rings. The highest BCUT2D eigenvalue weighted by Crippen LogP contribution is 2.44. The van der Waals surface area contributed by atoms with Gasteiger partial charge in [0, 0.05) is 33.8 Å². The number of nitrogens with zero attached hydrogens (tertiary/aromatic N) is 2. The van der Waals surface area contributed by atoms with E-state index < -0.39 is 27.6 Å². The molecule has 2 amide bonds. The number of imide groups is 1. The number of phenolic OH excluding ortho intramolecular Hbond substituents is 1. The maximum absolute atomic E-state index is 13.2. The summed E-state index contributed by atoms with van der Waals surface area (Å²) in [4.78, 5) is 32.0. The average molecular weight is 556 g/mol. The molecule has 2 N–H and O–H groups in total. The lowest BCUT2D eigenvalue weighted by molar-refractivity contribution is 0.0664. The van der Waals surface area contributed by atoms with Gasteiger partial charge in [0.2, 0.25) is 10.0 Å². The molecule has 8 nitrogen and oxygen atoms in total. The molecule has 0 spiro atoms. The van der Waals surface area contributed by atoms with Crippen molar-refractivity contribution in [3.63, 3.8) is 0 Å². The molecule has 1 aliphatic heterocycles. The van der Waals surface area contributed by atoms with Gasteiger partial charge < -0.3 is 5.11 Å². The number of anilines is 1. The van der Waals surface area contributed by atoms with Gasteiger partial charge >= 0.3 is 0 Å². The average Bonchev–Trinajstić information content (AvgIpc) is 3.19. The Bertz CT molecular complexity index is 1870. The number of benzene rings is 4. The molecule has 0 radical (unpaired) electrons. The first-order valence-electron chi connectivity index (χ1n) is 12.0. The summed E-state index contributed by atoms with van der Waals surface area (Å²) in [6.45, 7) is -0.291. The fourth-order valence-electron chi connectivity index (χ4n) is 4.65. The zero-order valence-corrected chi connectivity index (χ0v) is 22.0. The second kappa shape index (κ2) is 9.72. The van der Waals surface area contributed by atoms with Gasteiger partial charge in [-0.1, -0.05) is 66.4 Å². The second-order valence-electron chi connectivity index (χ2n) is 8.98. The molecule has 0 atom stereocenters. The van der Waals surface area contributed by atoms with Gasteiger partial charge in [-0.05, 0) is 30.3 Å². The second-order valence-corrected chi connectivity index (χ2v) is 11.9. The molecule has 0 bridgehead atoms. The topological polar surface area (TPSA) is 117 Å². The van der Waals surface area contributed by atoms with Gasteiger partial charge in [-0.15, -0.1) is 0 Å². The van der Waals surface area contributed by atoms with Crippen LogP contribution in [-0.2, 0) is 10.0 Å². The summed E-state index contributed by atoms with van der Waals surface area (Å²) < 4.78 is 29.0. The Kier molecular flexibility index (Phi) is 6.20. The quantitative estimate of drug-likeness (QED) is 0.207. The van der Waals surface area contributed by atoms with Gasteiger partial charge in [-0.25, -0.2) is 8.42 Å². The Balaban J connectivity index is 1.30. The van der Waals surface area contributed by atoms with Crippen LogP contribution < -0.4 is 4.72 Å².